The van der Waals surface area contributed by atoms with E-state index in [4.69, 9.17) is 5.73 Å². The molecule has 3 heteroatoms. The van der Waals surface area contributed by atoms with E-state index in [1.54, 1.807) is 12.4 Å². The summed E-state index contributed by atoms with van der Waals surface area (Å²) >= 11 is 0. The fraction of sp³-hybridized carbons (Fsp3) is 0.500. The van der Waals surface area contributed by atoms with Crippen LogP contribution in [0, 0.1) is 12.8 Å². The highest BCUT2D eigenvalue weighted by Gasteiger charge is 2.18. The Balaban J connectivity index is 2.18. The van der Waals surface area contributed by atoms with Crippen molar-refractivity contribution in [1.82, 2.24) is 4.98 Å². The Labute approximate surface area is 90.4 Å². The Kier molecular flexibility index (Phi) is 2.99. The molecule has 1 aromatic heterocycles. The summed E-state index contributed by atoms with van der Waals surface area (Å²) in [6.45, 7) is 2.03. The number of amidine groups is 1. The van der Waals surface area contributed by atoms with Crippen molar-refractivity contribution in [2.45, 2.75) is 32.6 Å². The van der Waals surface area contributed by atoms with E-state index in [0.717, 1.165) is 17.1 Å². The van der Waals surface area contributed by atoms with Gasteiger partial charge in [0.25, 0.3) is 0 Å². The third-order valence-electron chi connectivity index (χ3n) is 3.03. The van der Waals surface area contributed by atoms with Crippen LogP contribution in [0.25, 0.3) is 0 Å². The van der Waals surface area contributed by atoms with E-state index in [1.165, 1.54) is 25.7 Å². The van der Waals surface area contributed by atoms with E-state index < -0.39 is 0 Å². The molecule has 0 atom stereocenters. The Morgan fingerprint density at radius 2 is 2.20 bits per heavy atom. The lowest BCUT2D eigenvalue weighted by Crippen LogP contribution is -2.20. The zero-order valence-electron chi connectivity index (χ0n) is 9.11. The smallest absolute Gasteiger partial charge is 0.103 e. The van der Waals surface area contributed by atoms with E-state index in [-0.39, 0.29) is 0 Å². The van der Waals surface area contributed by atoms with Crippen molar-refractivity contribution in [2.24, 2.45) is 16.6 Å². The predicted molar refractivity (Wildman–Crippen MR) is 62.2 cm³/mol. The van der Waals surface area contributed by atoms with E-state index in [0.29, 0.717) is 5.92 Å². The molecular formula is C12H17N3. The van der Waals surface area contributed by atoms with Crippen molar-refractivity contribution >= 4 is 11.5 Å². The molecule has 0 saturated heterocycles. The number of nitrogens with zero attached hydrogens (tertiary/aromatic N) is 2. The van der Waals surface area contributed by atoms with Gasteiger partial charge in [-0.15, -0.1) is 0 Å². The van der Waals surface area contributed by atoms with Gasteiger partial charge in [0.1, 0.15) is 5.84 Å². The molecule has 0 aliphatic heterocycles. The normalized spacial score (nSPS) is 18.3. The minimum absolute atomic E-state index is 0.490. The van der Waals surface area contributed by atoms with Crippen molar-refractivity contribution < 1.29 is 0 Å². The Hall–Kier alpha value is -1.38. The highest BCUT2D eigenvalue weighted by molar-refractivity contribution is 5.85. The van der Waals surface area contributed by atoms with E-state index in [1.807, 2.05) is 13.0 Å². The standard InChI is InChI=1S/C12H17N3/c1-9-6-7-14-8-11(9)15-12(13)10-4-2-3-5-10/h6-8,10H,2-5H2,1H3,(H2,13,15). The highest BCUT2D eigenvalue weighted by Crippen LogP contribution is 2.26. The molecule has 80 valence electrons. The second-order valence-corrected chi connectivity index (χ2v) is 4.18. The molecule has 3 nitrogen and oxygen atoms in total. The van der Waals surface area contributed by atoms with Gasteiger partial charge in [0.2, 0.25) is 0 Å². The third kappa shape index (κ3) is 2.35. The Bertz CT molecular complexity index is 365. The number of pyridine rings is 1. The maximum Gasteiger partial charge on any atom is 0.103 e. The summed E-state index contributed by atoms with van der Waals surface area (Å²) < 4.78 is 0. The number of hydrogen-bond donors (Lipinski definition) is 1. The fourth-order valence-corrected chi connectivity index (χ4v) is 2.02. The monoisotopic (exact) mass is 203 g/mol. The van der Waals surface area contributed by atoms with Gasteiger partial charge in [0, 0.05) is 12.1 Å². The lowest BCUT2D eigenvalue weighted by atomic mass is 10.1. The summed E-state index contributed by atoms with van der Waals surface area (Å²) in [5.74, 6) is 1.27. The van der Waals surface area contributed by atoms with Crippen LogP contribution in [-0.4, -0.2) is 10.8 Å². The van der Waals surface area contributed by atoms with Gasteiger partial charge in [-0.05, 0) is 31.4 Å². The number of hydrogen-bond acceptors (Lipinski definition) is 2. The molecule has 1 aromatic rings. The van der Waals surface area contributed by atoms with E-state index in [9.17, 15) is 0 Å². The van der Waals surface area contributed by atoms with Gasteiger partial charge in [-0.3, -0.25) is 4.98 Å². The molecule has 2 N–H and O–H groups in total. The summed E-state index contributed by atoms with van der Waals surface area (Å²) in [7, 11) is 0. The Morgan fingerprint density at radius 3 is 2.87 bits per heavy atom. The highest BCUT2D eigenvalue weighted by atomic mass is 14.9. The van der Waals surface area contributed by atoms with Gasteiger partial charge in [-0.1, -0.05) is 12.8 Å². The first-order valence-electron chi connectivity index (χ1n) is 5.52. The third-order valence-corrected chi connectivity index (χ3v) is 3.03. The molecular weight excluding hydrogens is 186 g/mol. The molecule has 15 heavy (non-hydrogen) atoms. The van der Waals surface area contributed by atoms with Crippen LogP contribution in [0.2, 0.25) is 0 Å². The molecule has 1 saturated carbocycles. The van der Waals surface area contributed by atoms with E-state index >= 15 is 0 Å². The lowest BCUT2D eigenvalue weighted by Gasteiger charge is -2.08. The van der Waals surface area contributed by atoms with Crippen LogP contribution in [0.3, 0.4) is 0 Å². The molecule has 1 fully saturated rings. The average Bonchev–Trinajstić information content (AvgIpc) is 2.74. The minimum atomic E-state index is 0.490. The number of aliphatic imine (C=N–C) groups is 1. The van der Waals surface area contributed by atoms with Gasteiger partial charge in [0.05, 0.1) is 11.9 Å². The second kappa shape index (κ2) is 4.43. The van der Waals surface area contributed by atoms with Crippen molar-refractivity contribution in [3.05, 3.63) is 24.0 Å². The average molecular weight is 203 g/mol. The lowest BCUT2D eigenvalue weighted by molar-refractivity contribution is 0.722. The SMILES string of the molecule is Cc1ccncc1N=C(N)C1CCCC1. The first kappa shape index (κ1) is 10.1. The van der Waals surface area contributed by atoms with E-state index in [2.05, 4.69) is 9.98 Å². The van der Waals surface area contributed by atoms with Gasteiger partial charge in [0.15, 0.2) is 0 Å². The van der Waals surface area contributed by atoms with Crippen LogP contribution in [0.1, 0.15) is 31.2 Å². The van der Waals surface area contributed by atoms with Gasteiger partial charge < -0.3 is 5.73 Å². The molecule has 1 heterocycles. The summed E-state index contributed by atoms with van der Waals surface area (Å²) in [5, 5.41) is 0. The molecule has 0 radical (unpaired) electrons. The zero-order chi connectivity index (χ0) is 10.7. The molecule has 0 bridgehead atoms. The summed E-state index contributed by atoms with van der Waals surface area (Å²) in [4.78, 5) is 8.54. The second-order valence-electron chi connectivity index (χ2n) is 4.18. The minimum Gasteiger partial charge on any atom is -0.387 e. The van der Waals surface area contributed by atoms with Crippen LogP contribution in [0.15, 0.2) is 23.5 Å². The van der Waals surface area contributed by atoms with Crippen LogP contribution in [0.4, 0.5) is 5.69 Å². The van der Waals surface area contributed by atoms with Crippen molar-refractivity contribution in [2.75, 3.05) is 0 Å². The van der Waals surface area contributed by atoms with Crippen molar-refractivity contribution in [3.8, 4) is 0 Å². The van der Waals surface area contributed by atoms with Crippen molar-refractivity contribution in [3.63, 3.8) is 0 Å². The predicted octanol–water partition coefficient (Wildman–Crippen LogP) is 2.57. The summed E-state index contributed by atoms with van der Waals surface area (Å²) in [6.07, 6.45) is 8.50. The molecule has 0 aromatic carbocycles. The molecule has 1 aliphatic rings. The van der Waals surface area contributed by atoms with Crippen LogP contribution in [0.5, 0.6) is 0 Å². The van der Waals surface area contributed by atoms with Crippen LogP contribution < -0.4 is 5.73 Å². The molecule has 0 unspecified atom stereocenters. The molecule has 0 amide bonds. The largest absolute Gasteiger partial charge is 0.387 e. The quantitative estimate of drug-likeness (QED) is 0.593. The number of rotatable bonds is 2. The van der Waals surface area contributed by atoms with Gasteiger partial charge >= 0.3 is 0 Å². The molecule has 2 rings (SSSR count). The topological polar surface area (TPSA) is 51.3 Å². The first-order valence-corrected chi connectivity index (χ1v) is 5.52. The number of aromatic nitrogens is 1. The molecule has 1 aliphatic carbocycles. The first-order chi connectivity index (χ1) is 7.27. The van der Waals surface area contributed by atoms with Crippen molar-refractivity contribution in [1.29, 1.82) is 0 Å². The zero-order valence-corrected chi connectivity index (χ0v) is 9.11. The molecule has 0 spiro atoms. The Morgan fingerprint density at radius 1 is 1.47 bits per heavy atom. The van der Waals surface area contributed by atoms with Gasteiger partial charge in [-0.25, -0.2) is 4.99 Å². The maximum atomic E-state index is 6.00. The van der Waals surface area contributed by atoms with Crippen LogP contribution in [-0.2, 0) is 0 Å². The fourth-order valence-electron chi connectivity index (χ4n) is 2.02. The maximum absolute atomic E-state index is 6.00. The van der Waals surface area contributed by atoms with Gasteiger partial charge in [-0.2, -0.15) is 0 Å². The summed E-state index contributed by atoms with van der Waals surface area (Å²) in [5.41, 5.74) is 8.04. The number of nitrogens with two attached hydrogens (primary N) is 1. The summed E-state index contributed by atoms with van der Waals surface area (Å²) in [6, 6.07) is 1.96. The van der Waals surface area contributed by atoms with Crippen LogP contribution >= 0.6 is 0 Å². The number of aryl methyl sites for hydroxylation is 1.